The molecule has 1 aliphatic rings. The first-order valence-electron chi connectivity index (χ1n) is 6.67. The average Bonchev–Trinajstić information content (AvgIpc) is 2.73. The summed E-state index contributed by atoms with van der Waals surface area (Å²) in [6, 6.07) is 4.80. The smallest absolute Gasteiger partial charge is 0.320 e. The van der Waals surface area contributed by atoms with E-state index in [4.69, 9.17) is 17.3 Å². The zero-order valence-electron chi connectivity index (χ0n) is 12.1. The molecule has 3 N–H and O–H groups in total. The summed E-state index contributed by atoms with van der Waals surface area (Å²) in [7, 11) is 3.31. The van der Waals surface area contributed by atoms with Crippen LogP contribution in [0.1, 0.15) is 11.1 Å². The maximum Gasteiger partial charge on any atom is 0.320 e. The van der Waals surface area contributed by atoms with Gasteiger partial charge in [0.15, 0.2) is 0 Å². The maximum absolute atomic E-state index is 12.2. The fourth-order valence-electron chi connectivity index (χ4n) is 2.38. The lowest BCUT2D eigenvalue weighted by atomic mass is 10.1. The lowest BCUT2D eigenvalue weighted by Crippen LogP contribution is -2.43. The number of nitrogens with zero attached hydrogens (tertiary/aromatic N) is 2. The zero-order chi connectivity index (χ0) is 15.6. The molecule has 1 aromatic carbocycles. The van der Waals surface area contributed by atoms with Crippen LogP contribution in [0.5, 0.6) is 0 Å². The van der Waals surface area contributed by atoms with E-state index in [9.17, 15) is 9.59 Å². The van der Waals surface area contributed by atoms with E-state index in [0.717, 1.165) is 11.1 Å². The number of likely N-dealkylation sites (N-methyl/N-ethyl adjacent to an activating group) is 2. The molecule has 3 amide bonds. The molecule has 1 aromatic rings. The molecule has 7 heteroatoms. The van der Waals surface area contributed by atoms with E-state index in [1.165, 1.54) is 9.80 Å². The van der Waals surface area contributed by atoms with Crippen molar-refractivity contribution in [1.29, 1.82) is 0 Å². The molecule has 1 saturated heterocycles. The van der Waals surface area contributed by atoms with Crippen LogP contribution in [-0.4, -0.2) is 48.4 Å². The molecular weight excluding hydrogens is 292 g/mol. The lowest BCUT2D eigenvalue weighted by molar-refractivity contribution is -0.124. The second-order valence-corrected chi connectivity index (χ2v) is 5.56. The first kappa shape index (κ1) is 15.6. The summed E-state index contributed by atoms with van der Waals surface area (Å²) in [6.45, 7) is 1.12. The van der Waals surface area contributed by atoms with E-state index in [-0.39, 0.29) is 11.9 Å². The molecule has 114 valence electrons. The minimum atomic E-state index is -0.462. The second-order valence-electron chi connectivity index (χ2n) is 5.12. The van der Waals surface area contributed by atoms with Gasteiger partial charge in [0, 0.05) is 32.2 Å². The first-order valence-corrected chi connectivity index (χ1v) is 7.05. The highest BCUT2D eigenvalue weighted by Gasteiger charge is 2.36. The molecular formula is C14H19ClN4O2. The Morgan fingerprint density at radius 3 is 2.71 bits per heavy atom. The first-order chi connectivity index (χ1) is 9.93. The van der Waals surface area contributed by atoms with Crippen molar-refractivity contribution in [2.24, 2.45) is 5.73 Å². The second kappa shape index (κ2) is 6.32. The summed E-state index contributed by atoms with van der Waals surface area (Å²) in [6.07, 6.45) is 0. The third-order valence-electron chi connectivity index (χ3n) is 3.69. The van der Waals surface area contributed by atoms with Crippen molar-refractivity contribution in [1.82, 2.24) is 15.1 Å². The highest BCUT2D eigenvalue weighted by molar-refractivity contribution is 6.30. The van der Waals surface area contributed by atoms with E-state index in [1.54, 1.807) is 26.2 Å². The fourth-order valence-corrected chi connectivity index (χ4v) is 2.57. The largest absolute Gasteiger partial charge is 0.350 e. The van der Waals surface area contributed by atoms with Crippen molar-refractivity contribution >= 4 is 23.5 Å². The third-order valence-corrected chi connectivity index (χ3v) is 3.92. The van der Waals surface area contributed by atoms with Gasteiger partial charge in [-0.05, 0) is 23.3 Å². The van der Waals surface area contributed by atoms with Crippen LogP contribution in [0.4, 0.5) is 4.79 Å². The van der Waals surface area contributed by atoms with Crippen molar-refractivity contribution < 1.29 is 9.59 Å². The normalized spacial score (nSPS) is 18.3. The fraction of sp³-hybridized carbons (Fsp3) is 0.429. The van der Waals surface area contributed by atoms with Gasteiger partial charge in [-0.3, -0.25) is 4.79 Å². The number of amides is 3. The van der Waals surface area contributed by atoms with Crippen LogP contribution < -0.4 is 11.1 Å². The minimum absolute atomic E-state index is 0.149. The summed E-state index contributed by atoms with van der Waals surface area (Å²) in [5, 5.41) is 3.47. The van der Waals surface area contributed by atoms with Crippen molar-refractivity contribution in [3.63, 3.8) is 0 Å². The molecule has 0 aliphatic carbocycles. The summed E-state index contributed by atoms with van der Waals surface area (Å²) < 4.78 is 0. The number of nitrogens with one attached hydrogen (secondary N) is 1. The molecule has 0 aromatic heterocycles. The van der Waals surface area contributed by atoms with Gasteiger partial charge >= 0.3 is 6.03 Å². The van der Waals surface area contributed by atoms with Crippen LogP contribution in [0.2, 0.25) is 5.02 Å². The lowest BCUT2D eigenvalue weighted by Gasteiger charge is -2.18. The van der Waals surface area contributed by atoms with Crippen molar-refractivity contribution in [3.05, 3.63) is 34.3 Å². The summed E-state index contributed by atoms with van der Waals surface area (Å²) in [5.74, 6) is -0.173. The number of urea groups is 1. The molecule has 1 fully saturated rings. The van der Waals surface area contributed by atoms with Gasteiger partial charge in [-0.1, -0.05) is 17.7 Å². The van der Waals surface area contributed by atoms with E-state index in [2.05, 4.69) is 5.32 Å². The molecule has 1 aliphatic heterocycles. The predicted octanol–water partition coefficient (Wildman–Crippen LogP) is 0.781. The zero-order valence-corrected chi connectivity index (χ0v) is 12.9. The Hall–Kier alpha value is -1.79. The third kappa shape index (κ3) is 3.28. The number of rotatable bonds is 4. The summed E-state index contributed by atoms with van der Waals surface area (Å²) in [5.41, 5.74) is 7.50. The molecule has 6 nitrogen and oxygen atoms in total. The number of halogens is 1. The van der Waals surface area contributed by atoms with E-state index < -0.39 is 6.04 Å². The maximum atomic E-state index is 12.2. The average molecular weight is 311 g/mol. The Morgan fingerprint density at radius 2 is 2.14 bits per heavy atom. The van der Waals surface area contributed by atoms with Crippen molar-refractivity contribution in [3.8, 4) is 0 Å². The van der Waals surface area contributed by atoms with Gasteiger partial charge in [-0.25, -0.2) is 4.79 Å². The predicted molar refractivity (Wildman–Crippen MR) is 80.8 cm³/mol. The van der Waals surface area contributed by atoms with Gasteiger partial charge < -0.3 is 20.9 Å². The van der Waals surface area contributed by atoms with E-state index >= 15 is 0 Å². The molecule has 1 unspecified atom stereocenters. The van der Waals surface area contributed by atoms with E-state index in [0.29, 0.717) is 24.7 Å². The number of hydrogen-bond acceptors (Lipinski definition) is 3. The van der Waals surface area contributed by atoms with Gasteiger partial charge in [0.25, 0.3) is 0 Å². The van der Waals surface area contributed by atoms with Crippen LogP contribution >= 0.6 is 11.6 Å². The number of carbonyl (C=O) groups is 2. The number of carbonyl (C=O) groups excluding carboxylic acids is 2. The number of benzene rings is 1. The Labute approximate surface area is 128 Å². The van der Waals surface area contributed by atoms with Crippen molar-refractivity contribution in [2.75, 3.05) is 20.6 Å². The van der Waals surface area contributed by atoms with Gasteiger partial charge in [0.2, 0.25) is 5.91 Å². The van der Waals surface area contributed by atoms with Gasteiger partial charge in [0.05, 0.1) is 6.54 Å². The van der Waals surface area contributed by atoms with Crippen LogP contribution in [0.25, 0.3) is 0 Å². The Balaban J connectivity index is 2.00. The Morgan fingerprint density at radius 1 is 1.43 bits per heavy atom. The highest BCUT2D eigenvalue weighted by Crippen LogP contribution is 2.16. The monoisotopic (exact) mass is 310 g/mol. The molecule has 0 saturated carbocycles. The summed E-state index contributed by atoms with van der Waals surface area (Å²) in [4.78, 5) is 26.8. The quantitative estimate of drug-likeness (QED) is 0.862. The standard InChI is InChI=1S/C14H19ClN4O2/c1-18-8-12(19(2)14(18)21)13(20)17-7-9-3-4-11(15)5-10(9)6-16/h3-5,12H,6-8,16H2,1-2H3,(H,17,20). The molecule has 0 spiro atoms. The number of hydrogen-bond donors (Lipinski definition) is 2. The molecule has 1 heterocycles. The summed E-state index contributed by atoms with van der Waals surface area (Å²) >= 11 is 5.92. The van der Waals surface area contributed by atoms with Crippen LogP contribution in [-0.2, 0) is 17.9 Å². The van der Waals surface area contributed by atoms with Crippen LogP contribution in [0, 0.1) is 0 Å². The molecule has 21 heavy (non-hydrogen) atoms. The minimum Gasteiger partial charge on any atom is -0.350 e. The molecule has 0 bridgehead atoms. The molecule has 2 rings (SSSR count). The van der Waals surface area contributed by atoms with Crippen LogP contribution in [0.3, 0.4) is 0 Å². The SMILES string of the molecule is CN1CC(C(=O)NCc2ccc(Cl)cc2CN)N(C)C1=O. The number of nitrogens with two attached hydrogens (primary N) is 1. The molecule has 0 radical (unpaired) electrons. The van der Waals surface area contributed by atoms with Gasteiger partial charge in [-0.15, -0.1) is 0 Å². The highest BCUT2D eigenvalue weighted by atomic mass is 35.5. The van der Waals surface area contributed by atoms with Crippen molar-refractivity contribution in [2.45, 2.75) is 19.1 Å². The van der Waals surface area contributed by atoms with Gasteiger partial charge in [-0.2, -0.15) is 0 Å². The van der Waals surface area contributed by atoms with E-state index in [1.807, 2.05) is 6.07 Å². The topological polar surface area (TPSA) is 78.7 Å². The van der Waals surface area contributed by atoms with Gasteiger partial charge in [0.1, 0.15) is 6.04 Å². The Kier molecular flexibility index (Phi) is 4.69. The molecule has 1 atom stereocenters. The Bertz CT molecular complexity index is 564. The van der Waals surface area contributed by atoms with Crippen LogP contribution in [0.15, 0.2) is 18.2 Å².